The lowest BCUT2D eigenvalue weighted by atomic mass is 10.2. The van der Waals surface area contributed by atoms with Gasteiger partial charge in [0.05, 0.1) is 12.2 Å². The van der Waals surface area contributed by atoms with Crippen molar-refractivity contribution in [1.82, 2.24) is 10.3 Å². The summed E-state index contributed by atoms with van der Waals surface area (Å²) >= 11 is 0. The summed E-state index contributed by atoms with van der Waals surface area (Å²) in [5, 5.41) is 3.53. The molecular formula is C17H28N2O2. The van der Waals surface area contributed by atoms with E-state index < -0.39 is 0 Å². The minimum absolute atomic E-state index is 0.124. The highest BCUT2D eigenvalue weighted by atomic mass is 16.5. The largest absolute Gasteiger partial charge is 0.475 e. The minimum Gasteiger partial charge on any atom is -0.475 e. The fraction of sp³-hybridized carbons (Fsp3) is 0.706. The van der Waals surface area contributed by atoms with Crippen LogP contribution >= 0.6 is 0 Å². The molecule has 0 spiro atoms. The molecule has 1 aliphatic rings. The third-order valence-electron chi connectivity index (χ3n) is 3.32. The summed E-state index contributed by atoms with van der Waals surface area (Å²) in [5.41, 5.74) is 2.21. The maximum Gasteiger partial charge on any atom is 0.213 e. The Morgan fingerprint density at radius 3 is 2.62 bits per heavy atom. The topological polar surface area (TPSA) is 43.4 Å². The summed E-state index contributed by atoms with van der Waals surface area (Å²) in [6.45, 7) is 10.3. The lowest BCUT2D eigenvalue weighted by molar-refractivity contribution is -0.0168. The molecular weight excluding hydrogens is 264 g/mol. The van der Waals surface area contributed by atoms with E-state index in [9.17, 15) is 0 Å². The first kappa shape index (κ1) is 16.2. The third kappa shape index (κ3) is 6.44. The number of pyridine rings is 1. The Labute approximate surface area is 128 Å². The number of hydrogen-bond donors (Lipinski definition) is 1. The van der Waals surface area contributed by atoms with Crippen LogP contribution in [0.1, 0.15) is 51.8 Å². The third-order valence-corrected chi connectivity index (χ3v) is 3.32. The average Bonchev–Trinajstić information content (AvgIpc) is 3.24. The van der Waals surface area contributed by atoms with Gasteiger partial charge in [-0.3, -0.25) is 0 Å². The lowest BCUT2D eigenvalue weighted by Gasteiger charge is -2.19. The molecule has 4 heteroatoms. The zero-order valence-electron chi connectivity index (χ0n) is 13.7. The number of rotatable bonds is 8. The first-order chi connectivity index (χ1) is 9.96. The standard InChI is InChI=1S/C17H28N2O2/c1-5-14-10-13(12-18-15-6-7-15)11-16(19-14)20-8-9-21-17(2,3)4/h10-11,15,18H,5-9,12H2,1-4H3. The van der Waals surface area contributed by atoms with Gasteiger partial charge in [0.25, 0.3) is 0 Å². The molecule has 0 radical (unpaired) electrons. The predicted molar refractivity (Wildman–Crippen MR) is 84.7 cm³/mol. The second-order valence-corrected chi connectivity index (χ2v) is 6.62. The van der Waals surface area contributed by atoms with E-state index in [0.29, 0.717) is 25.1 Å². The summed E-state index contributed by atoms with van der Waals surface area (Å²) in [6.07, 6.45) is 3.53. The fourth-order valence-electron chi connectivity index (χ4n) is 2.02. The maximum atomic E-state index is 5.74. The zero-order chi connectivity index (χ0) is 15.3. The molecule has 1 aromatic rings. The van der Waals surface area contributed by atoms with Gasteiger partial charge in [-0.25, -0.2) is 4.98 Å². The van der Waals surface area contributed by atoms with E-state index in [-0.39, 0.29) is 5.60 Å². The van der Waals surface area contributed by atoms with E-state index >= 15 is 0 Å². The van der Waals surface area contributed by atoms with Crippen LogP contribution < -0.4 is 10.1 Å². The number of aryl methyl sites for hydroxylation is 1. The summed E-state index contributed by atoms with van der Waals surface area (Å²) in [4.78, 5) is 4.52. The molecule has 0 unspecified atom stereocenters. The van der Waals surface area contributed by atoms with E-state index in [0.717, 1.165) is 18.7 Å². The molecule has 4 nitrogen and oxygen atoms in total. The average molecular weight is 292 g/mol. The second-order valence-electron chi connectivity index (χ2n) is 6.62. The van der Waals surface area contributed by atoms with Crippen LogP contribution in [0.4, 0.5) is 0 Å². The molecule has 1 N–H and O–H groups in total. The fourth-order valence-corrected chi connectivity index (χ4v) is 2.02. The molecule has 0 amide bonds. The van der Waals surface area contributed by atoms with Crippen LogP contribution in [-0.4, -0.2) is 29.8 Å². The van der Waals surface area contributed by atoms with E-state index in [1.54, 1.807) is 0 Å². The van der Waals surface area contributed by atoms with Crippen molar-refractivity contribution in [2.45, 2.75) is 65.1 Å². The first-order valence-corrected chi connectivity index (χ1v) is 7.96. The van der Waals surface area contributed by atoms with Gasteiger partial charge >= 0.3 is 0 Å². The van der Waals surface area contributed by atoms with E-state index in [1.165, 1.54) is 18.4 Å². The van der Waals surface area contributed by atoms with Crippen molar-refractivity contribution >= 4 is 0 Å². The smallest absolute Gasteiger partial charge is 0.213 e. The Bertz CT molecular complexity index is 451. The van der Waals surface area contributed by atoms with Crippen molar-refractivity contribution in [1.29, 1.82) is 0 Å². The zero-order valence-corrected chi connectivity index (χ0v) is 13.7. The van der Waals surface area contributed by atoms with Gasteiger partial charge in [-0.05, 0) is 51.7 Å². The Morgan fingerprint density at radius 2 is 2.00 bits per heavy atom. The normalized spacial score (nSPS) is 15.2. The monoisotopic (exact) mass is 292 g/mol. The molecule has 1 aliphatic carbocycles. The first-order valence-electron chi connectivity index (χ1n) is 7.96. The lowest BCUT2D eigenvalue weighted by Crippen LogP contribution is -2.22. The second kappa shape index (κ2) is 7.23. The maximum absolute atomic E-state index is 5.74. The number of aromatic nitrogens is 1. The van der Waals surface area contributed by atoms with Crippen LogP contribution in [0.5, 0.6) is 5.88 Å². The Balaban J connectivity index is 1.86. The summed E-state index contributed by atoms with van der Waals surface area (Å²) < 4.78 is 11.4. The summed E-state index contributed by atoms with van der Waals surface area (Å²) in [7, 11) is 0. The minimum atomic E-state index is -0.124. The van der Waals surface area contributed by atoms with E-state index in [2.05, 4.69) is 23.3 Å². The number of ether oxygens (including phenoxy) is 2. The van der Waals surface area contributed by atoms with Crippen molar-refractivity contribution in [2.24, 2.45) is 0 Å². The molecule has 21 heavy (non-hydrogen) atoms. The molecule has 0 atom stereocenters. The van der Waals surface area contributed by atoms with Gasteiger partial charge in [-0.2, -0.15) is 0 Å². The van der Waals surface area contributed by atoms with Gasteiger partial charge in [0, 0.05) is 24.3 Å². The Morgan fingerprint density at radius 1 is 1.24 bits per heavy atom. The van der Waals surface area contributed by atoms with Crippen LogP contribution in [0.3, 0.4) is 0 Å². The molecule has 1 heterocycles. The summed E-state index contributed by atoms with van der Waals surface area (Å²) in [5.74, 6) is 0.708. The van der Waals surface area contributed by atoms with Gasteiger partial charge in [0.1, 0.15) is 6.61 Å². The van der Waals surface area contributed by atoms with E-state index in [4.69, 9.17) is 9.47 Å². The SMILES string of the molecule is CCc1cc(CNC2CC2)cc(OCCOC(C)(C)C)n1. The number of nitrogens with zero attached hydrogens (tertiary/aromatic N) is 1. The van der Waals surface area contributed by atoms with Crippen LogP contribution in [0.15, 0.2) is 12.1 Å². The van der Waals surface area contributed by atoms with Gasteiger partial charge < -0.3 is 14.8 Å². The van der Waals surface area contributed by atoms with Crippen molar-refractivity contribution < 1.29 is 9.47 Å². The molecule has 1 saturated carbocycles. The Hall–Kier alpha value is -1.13. The summed E-state index contributed by atoms with van der Waals surface area (Å²) in [6, 6.07) is 4.91. The number of hydrogen-bond acceptors (Lipinski definition) is 4. The van der Waals surface area contributed by atoms with E-state index in [1.807, 2.05) is 26.8 Å². The van der Waals surface area contributed by atoms with Crippen LogP contribution in [0, 0.1) is 0 Å². The quantitative estimate of drug-likeness (QED) is 0.748. The van der Waals surface area contributed by atoms with Crippen molar-refractivity contribution in [3.05, 3.63) is 23.4 Å². The molecule has 0 aromatic carbocycles. The van der Waals surface area contributed by atoms with Crippen molar-refractivity contribution in [2.75, 3.05) is 13.2 Å². The molecule has 0 bridgehead atoms. The highest BCUT2D eigenvalue weighted by Gasteiger charge is 2.20. The van der Waals surface area contributed by atoms with Gasteiger partial charge in [-0.15, -0.1) is 0 Å². The van der Waals surface area contributed by atoms with Gasteiger partial charge in [-0.1, -0.05) is 6.92 Å². The molecule has 1 aromatic heterocycles. The molecule has 0 saturated heterocycles. The Kier molecular flexibility index (Phi) is 5.59. The predicted octanol–water partition coefficient (Wildman–Crippen LogP) is 3.09. The van der Waals surface area contributed by atoms with Crippen LogP contribution in [0.25, 0.3) is 0 Å². The van der Waals surface area contributed by atoms with Gasteiger partial charge in [0.2, 0.25) is 5.88 Å². The highest BCUT2D eigenvalue weighted by molar-refractivity contribution is 5.25. The van der Waals surface area contributed by atoms with Crippen molar-refractivity contribution in [3.8, 4) is 5.88 Å². The molecule has 118 valence electrons. The highest BCUT2D eigenvalue weighted by Crippen LogP contribution is 2.20. The molecule has 2 rings (SSSR count). The van der Waals surface area contributed by atoms with Crippen LogP contribution in [-0.2, 0) is 17.7 Å². The number of nitrogens with one attached hydrogen (secondary N) is 1. The molecule has 0 aliphatic heterocycles. The van der Waals surface area contributed by atoms with Crippen molar-refractivity contribution in [3.63, 3.8) is 0 Å². The molecule has 1 fully saturated rings. The van der Waals surface area contributed by atoms with Gasteiger partial charge in [0.15, 0.2) is 0 Å². The van der Waals surface area contributed by atoms with Crippen LogP contribution in [0.2, 0.25) is 0 Å².